The standard InChI is InChI=1S/C12H13N3O/c1-9-4-2-6-14-11(9)8-15-7-3-5-10(13)12(15)16/h2-7H,8,13H2,1H3. The molecule has 2 rings (SSSR count). The van der Waals surface area contributed by atoms with Crippen molar-refractivity contribution in [2.45, 2.75) is 13.5 Å². The summed E-state index contributed by atoms with van der Waals surface area (Å²) in [4.78, 5) is 15.9. The van der Waals surface area contributed by atoms with Crippen LogP contribution in [0.4, 0.5) is 5.69 Å². The first-order valence-corrected chi connectivity index (χ1v) is 5.04. The fourth-order valence-corrected chi connectivity index (χ4v) is 1.53. The average molecular weight is 215 g/mol. The number of hydrogen-bond donors (Lipinski definition) is 1. The van der Waals surface area contributed by atoms with Crippen LogP contribution in [0.1, 0.15) is 11.3 Å². The minimum absolute atomic E-state index is 0.174. The van der Waals surface area contributed by atoms with Crippen LogP contribution in [-0.4, -0.2) is 9.55 Å². The summed E-state index contributed by atoms with van der Waals surface area (Å²) in [6.07, 6.45) is 3.44. The fourth-order valence-electron chi connectivity index (χ4n) is 1.53. The third kappa shape index (κ3) is 1.95. The molecule has 0 aliphatic heterocycles. The molecule has 0 atom stereocenters. The number of aromatic nitrogens is 2. The van der Waals surface area contributed by atoms with E-state index in [1.54, 1.807) is 29.1 Å². The molecular formula is C12H13N3O. The van der Waals surface area contributed by atoms with Crippen molar-refractivity contribution in [3.8, 4) is 0 Å². The molecule has 0 radical (unpaired) electrons. The molecule has 4 heteroatoms. The van der Waals surface area contributed by atoms with Gasteiger partial charge >= 0.3 is 0 Å². The SMILES string of the molecule is Cc1cccnc1Cn1cccc(N)c1=O. The zero-order chi connectivity index (χ0) is 11.5. The molecule has 2 aromatic rings. The van der Waals surface area contributed by atoms with Gasteiger partial charge in [0.15, 0.2) is 0 Å². The Balaban J connectivity index is 2.39. The summed E-state index contributed by atoms with van der Waals surface area (Å²) in [6, 6.07) is 7.21. The lowest BCUT2D eigenvalue weighted by Gasteiger charge is -2.07. The van der Waals surface area contributed by atoms with Crippen LogP contribution in [0, 0.1) is 6.92 Å². The van der Waals surface area contributed by atoms with E-state index in [0.717, 1.165) is 11.3 Å². The second-order valence-corrected chi connectivity index (χ2v) is 3.66. The molecule has 0 fully saturated rings. The molecule has 2 N–H and O–H groups in total. The highest BCUT2D eigenvalue weighted by atomic mass is 16.1. The first-order chi connectivity index (χ1) is 7.68. The molecule has 0 amide bonds. The number of rotatable bonds is 2. The highest BCUT2D eigenvalue weighted by molar-refractivity contribution is 5.34. The summed E-state index contributed by atoms with van der Waals surface area (Å²) in [6.45, 7) is 2.43. The number of anilines is 1. The topological polar surface area (TPSA) is 60.9 Å². The van der Waals surface area contributed by atoms with E-state index in [4.69, 9.17) is 5.73 Å². The average Bonchev–Trinajstić information content (AvgIpc) is 2.28. The van der Waals surface area contributed by atoms with Crippen molar-refractivity contribution >= 4 is 5.69 Å². The first kappa shape index (κ1) is 10.4. The number of aryl methyl sites for hydroxylation is 1. The zero-order valence-electron chi connectivity index (χ0n) is 9.05. The van der Waals surface area contributed by atoms with Crippen LogP contribution >= 0.6 is 0 Å². The van der Waals surface area contributed by atoms with Gasteiger partial charge in [-0.1, -0.05) is 6.07 Å². The predicted octanol–water partition coefficient (Wildman–Crippen LogP) is 1.18. The molecule has 2 aromatic heterocycles. The summed E-state index contributed by atoms with van der Waals surface area (Å²) in [7, 11) is 0. The van der Waals surface area contributed by atoms with E-state index in [0.29, 0.717) is 6.54 Å². The number of pyridine rings is 2. The van der Waals surface area contributed by atoms with Crippen LogP contribution in [0.5, 0.6) is 0 Å². The van der Waals surface area contributed by atoms with E-state index >= 15 is 0 Å². The van der Waals surface area contributed by atoms with E-state index in [2.05, 4.69) is 4.98 Å². The second kappa shape index (κ2) is 4.18. The molecule has 2 heterocycles. The van der Waals surface area contributed by atoms with Crippen LogP contribution in [0.2, 0.25) is 0 Å². The summed E-state index contributed by atoms with van der Waals surface area (Å²) in [5.41, 5.74) is 7.60. The summed E-state index contributed by atoms with van der Waals surface area (Å²) < 4.78 is 1.56. The van der Waals surface area contributed by atoms with Crippen LogP contribution in [0.25, 0.3) is 0 Å². The van der Waals surface area contributed by atoms with E-state index < -0.39 is 0 Å². The van der Waals surface area contributed by atoms with Gasteiger partial charge in [0.25, 0.3) is 5.56 Å². The van der Waals surface area contributed by atoms with Crippen LogP contribution < -0.4 is 11.3 Å². The Labute approximate surface area is 93.4 Å². The minimum Gasteiger partial charge on any atom is -0.394 e. The number of nitrogens with zero attached hydrogens (tertiary/aromatic N) is 2. The van der Waals surface area contributed by atoms with Gasteiger partial charge in [-0.2, -0.15) is 0 Å². The highest BCUT2D eigenvalue weighted by Gasteiger charge is 2.03. The molecule has 0 spiro atoms. The van der Waals surface area contributed by atoms with Crippen molar-refractivity contribution in [2.24, 2.45) is 0 Å². The molecule has 0 aliphatic rings. The molecule has 4 nitrogen and oxygen atoms in total. The quantitative estimate of drug-likeness (QED) is 0.818. The third-order valence-corrected chi connectivity index (χ3v) is 2.49. The summed E-state index contributed by atoms with van der Waals surface area (Å²) >= 11 is 0. The lowest BCUT2D eigenvalue weighted by Crippen LogP contribution is -2.23. The van der Waals surface area contributed by atoms with Gasteiger partial charge in [0.1, 0.15) is 0 Å². The largest absolute Gasteiger partial charge is 0.394 e. The number of nitrogens with two attached hydrogens (primary N) is 1. The molecular weight excluding hydrogens is 202 g/mol. The predicted molar refractivity (Wildman–Crippen MR) is 63.2 cm³/mol. The monoisotopic (exact) mass is 215 g/mol. The number of nitrogen functional groups attached to an aromatic ring is 1. The fraction of sp³-hybridized carbons (Fsp3) is 0.167. The van der Waals surface area contributed by atoms with E-state index in [-0.39, 0.29) is 11.2 Å². The second-order valence-electron chi connectivity index (χ2n) is 3.66. The molecule has 0 aromatic carbocycles. The van der Waals surface area contributed by atoms with Gasteiger partial charge < -0.3 is 10.3 Å². The third-order valence-electron chi connectivity index (χ3n) is 2.49. The Bertz CT molecular complexity index is 560. The normalized spacial score (nSPS) is 10.3. The van der Waals surface area contributed by atoms with Gasteiger partial charge in [0.05, 0.1) is 17.9 Å². The molecule has 0 unspecified atom stereocenters. The van der Waals surface area contributed by atoms with Gasteiger partial charge in [-0.3, -0.25) is 9.78 Å². The van der Waals surface area contributed by atoms with E-state index in [1.807, 2.05) is 19.1 Å². The van der Waals surface area contributed by atoms with Gasteiger partial charge in [0.2, 0.25) is 0 Å². The van der Waals surface area contributed by atoms with Crippen molar-refractivity contribution in [1.29, 1.82) is 0 Å². The van der Waals surface area contributed by atoms with Gasteiger partial charge in [0, 0.05) is 12.4 Å². The lowest BCUT2D eigenvalue weighted by molar-refractivity contribution is 0.736. The minimum atomic E-state index is -0.174. The smallest absolute Gasteiger partial charge is 0.274 e. The Morgan fingerprint density at radius 1 is 1.38 bits per heavy atom. The van der Waals surface area contributed by atoms with Crippen LogP contribution in [0.3, 0.4) is 0 Å². The van der Waals surface area contributed by atoms with Crippen molar-refractivity contribution in [3.63, 3.8) is 0 Å². The maximum Gasteiger partial charge on any atom is 0.274 e. The highest BCUT2D eigenvalue weighted by Crippen LogP contribution is 2.04. The van der Waals surface area contributed by atoms with Crippen LogP contribution in [0.15, 0.2) is 41.5 Å². The zero-order valence-corrected chi connectivity index (χ0v) is 9.05. The van der Waals surface area contributed by atoms with Crippen molar-refractivity contribution in [1.82, 2.24) is 9.55 Å². The Morgan fingerprint density at radius 3 is 2.94 bits per heavy atom. The van der Waals surface area contributed by atoms with Crippen molar-refractivity contribution in [2.75, 3.05) is 5.73 Å². The molecule has 16 heavy (non-hydrogen) atoms. The van der Waals surface area contributed by atoms with Gasteiger partial charge in [-0.05, 0) is 30.7 Å². The van der Waals surface area contributed by atoms with Gasteiger partial charge in [-0.25, -0.2) is 0 Å². The summed E-state index contributed by atoms with van der Waals surface area (Å²) in [5.74, 6) is 0. The Morgan fingerprint density at radius 2 is 2.19 bits per heavy atom. The Hall–Kier alpha value is -2.10. The maximum atomic E-state index is 11.7. The molecule has 0 aliphatic carbocycles. The first-order valence-electron chi connectivity index (χ1n) is 5.04. The molecule has 0 bridgehead atoms. The maximum absolute atomic E-state index is 11.7. The molecule has 82 valence electrons. The Kier molecular flexibility index (Phi) is 2.72. The van der Waals surface area contributed by atoms with Crippen LogP contribution in [-0.2, 0) is 6.54 Å². The van der Waals surface area contributed by atoms with E-state index in [9.17, 15) is 4.79 Å². The molecule has 0 saturated heterocycles. The van der Waals surface area contributed by atoms with Crippen molar-refractivity contribution in [3.05, 3.63) is 58.3 Å². The summed E-state index contributed by atoms with van der Waals surface area (Å²) in [5, 5.41) is 0. The van der Waals surface area contributed by atoms with Gasteiger partial charge in [-0.15, -0.1) is 0 Å². The molecule has 0 saturated carbocycles. The van der Waals surface area contributed by atoms with Crippen molar-refractivity contribution < 1.29 is 0 Å². The van der Waals surface area contributed by atoms with E-state index in [1.165, 1.54) is 0 Å². The number of hydrogen-bond acceptors (Lipinski definition) is 3. The lowest BCUT2D eigenvalue weighted by atomic mass is 10.2.